The summed E-state index contributed by atoms with van der Waals surface area (Å²) >= 11 is 0. The number of hydrogen-bond acceptors (Lipinski definition) is 8. The van der Waals surface area contributed by atoms with Crippen molar-refractivity contribution in [2.24, 2.45) is 0 Å². The second-order valence-corrected chi connectivity index (χ2v) is 7.62. The third-order valence-electron chi connectivity index (χ3n) is 5.04. The molecule has 30 heavy (non-hydrogen) atoms. The van der Waals surface area contributed by atoms with Crippen LogP contribution in [0.1, 0.15) is 40.9 Å². The summed E-state index contributed by atoms with van der Waals surface area (Å²) in [5.74, 6) is 0.670. The van der Waals surface area contributed by atoms with Crippen LogP contribution in [0.15, 0.2) is 35.0 Å². The van der Waals surface area contributed by atoms with Crippen molar-refractivity contribution >= 4 is 5.91 Å². The van der Waals surface area contributed by atoms with Crippen LogP contribution in [0.4, 0.5) is 0 Å². The highest BCUT2D eigenvalue weighted by Gasteiger charge is 2.32. The van der Waals surface area contributed by atoms with Gasteiger partial charge >= 0.3 is 0 Å². The molecule has 3 aromatic rings. The Kier molecular flexibility index (Phi) is 5.45. The molecule has 0 saturated carbocycles. The highest BCUT2D eigenvalue weighted by atomic mass is 16.5. The average molecular weight is 409 g/mol. The molecule has 0 radical (unpaired) electrons. The topological polar surface area (TPSA) is 112 Å². The maximum atomic E-state index is 12.4. The van der Waals surface area contributed by atoms with Crippen LogP contribution in [0, 0.1) is 13.8 Å². The van der Waals surface area contributed by atoms with E-state index in [1.54, 1.807) is 18.3 Å². The van der Waals surface area contributed by atoms with Crippen molar-refractivity contribution in [1.29, 1.82) is 0 Å². The molecule has 1 N–H and O–H groups in total. The third-order valence-corrected chi connectivity index (χ3v) is 5.04. The molecule has 0 aromatic carbocycles. The Hall–Kier alpha value is -3.33. The van der Waals surface area contributed by atoms with Gasteiger partial charge in [0.1, 0.15) is 18.1 Å². The van der Waals surface area contributed by atoms with Gasteiger partial charge in [0.15, 0.2) is 5.69 Å². The number of pyridine rings is 1. The zero-order chi connectivity index (χ0) is 21.1. The van der Waals surface area contributed by atoms with E-state index in [9.17, 15) is 4.79 Å². The minimum Gasteiger partial charge on any atom is -0.472 e. The monoisotopic (exact) mass is 409 g/mol. The molecule has 1 aliphatic rings. The van der Waals surface area contributed by atoms with E-state index in [1.165, 1.54) is 0 Å². The molecule has 1 atom stereocenters. The van der Waals surface area contributed by atoms with E-state index in [0.29, 0.717) is 30.5 Å². The summed E-state index contributed by atoms with van der Waals surface area (Å²) in [6.07, 6.45) is 2.52. The average Bonchev–Trinajstić information content (AvgIpc) is 3.33. The zero-order valence-corrected chi connectivity index (χ0v) is 17.1. The lowest BCUT2D eigenvalue weighted by atomic mass is 10.0. The molecule has 4 heterocycles. The molecule has 4 rings (SSSR count). The summed E-state index contributed by atoms with van der Waals surface area (Å²) in [5.41, 5.74) is 3.10. The van der Waals surface area contributed by atoms with E-state index in [0.717, 1.165) is 23.2 Å². The van der Waals surface area contributed by atoms with E-state index in [1.807, 2.05) is 32.9 Å². The number of ether oxygens (including phenoxy) is 2. The molecule has 156 valence electrons. The number of rotatable bonds is 6. The summed E-state index contributed by atoms with van der Waals surface area (Å²) < 4.78 is 16.4. The van der Waals surface area contributed by atoms with Crippen molar-refractivity contribution in [3.05, 3.63) is 53.2 Å². The van der Waals surface area contributed by atoms with Crippen LogP contribution in [-0.2, 0) is 11.3 Å². The Morgan fingerprint density at radius 1 is 1.23 bits per heavy atom. The van der Waals surface area contributed by atoms with E-state index in [4.69, 9.17) is 14.0 Å². The molecular weight excluding hydrogens is 386 g/mol. The van der Waals surface area contributed by atoms with Gasteiger partial charge in [-0.05, 0) is 45.4 Å². The molecule has 0 bridgehead atoms. The number of nitrogens with one attached hydrogen (secondary N) is 1. The molecule has 1 amide bonds. The maximum Gasteiger partial charge on any atom is 0.272 e. The predicted octanol–water partition coefficient (Wildman–Crippen LogP) is 2.63. The fraction of sp³-hybridized carbons (Fsp3) is 0.381. The first-order valence-corrected chi connectivity index (χ1v) is 9.68. The standard InChI is InChI=1S/C21H23N5O4/c1-13-4-5-15(10-22-13)19-16(14(2)30-26-19)11-29-18-7-6-17(24-25-18)20(27)23-21(3)8-9-28-12-21/h4-7,10H,8-9,11-12H2,1-3H3,(H,23,27). The molecule has 0 spiro atoms. The Bertz CT molecular complexity index is 1020. The van der Waals surface area contributed by atoms with Gasteiger partial charge in [-0.3, -0.25) is 9.78 Å². The smallest absolute Gasteiger partial charge is 0.272 e. The van der Waals surface area contributed by atoms with Crippen molar-refractivity contribution in [2.45, 2.75) is 39.3 Å². The van der Waals surface area contributed by atoms with Gasteiger partial charge < -0.3 is 19.3 Å². The van der Waals surface area contributed by atoms with Crippen molar-refractivity contribution in [1.82, 2.24) is 25.7 Å². The van der Waals surface area contributed by atoms with E-state index >= 15 is 0 Å². The first-order valence-electron chi connectivity index (χ1n) is 9.68. The number of hydrogen-bond donors (Lipinski definition) is 1. The quantitative estimate of drug-likeness (QED) is 0.661. The van der Waals surface area contributed by atoms with Crippen LogP contribution in [0.25, 0.3) is 11.3 Å². The number of amides is 1. The SMILES string of the molecule is Cc1ccc(-c2noc(C)c2COc2ccc(C(=O)NC3(C)CCOC3)nn2)cn1. The number of carbonyl (C=O) groups excluding carboxylic acids is 1. The van der Waals surface area contributed by atoms with E-state index < -0.39 is 0 Å². The molecule has 1 aliphatic heterocycles. The lowest BCUT2D eigenvalue weighted by Crippen LogP contribution is -2.46. The number of carbonyl (C=O) groups is 1. The van der Waals surface area contributed by atoms with Crippen LogP contribution < -0.4 is 10.1 Å². The number of aryl methyl sites for hydroxylation is 2. The molecule has 9 heteroatoms. The van der Waals surface area contributed by atoms with Gasteiger partial charge in [-0.15, -0.1) is 10.2 Å². The molecule has 9 nitrogen and oxygen atoms in total. The summed E-state index contributed by atoms with van der Waals surface area (Å²) in [4.78, 5) is 16.7. The second-order valence-electron chi connectivity index (χ2n) is 7.62. The largest absolute Gasteiger partial charge is 0.472 e. The minimum atomic E-state index is -0.374. The van der Waals surface area contributed by atoms with Gasteiger partial charge in [0.05, 0.1) is 17.7 Å². The maximum absolute atomic E-state index is 12.4. The molecule has 1 unspecified atom stereocenters. The second kappa shape index (κ2) is 8.19. The Labute approximate surface area is 173 Å². The van der Waals surface area contributed by atoms with Gasteiger partial charge in [-0.1, -0.05) is 5.16 Å². The van der Waals surface area contributed by atoms with E-state index in [2.05, 4.69) is 25.7 Å². The number of aromatic nitrogens is 4. The fourth-order valence-corrected chi connectivity index (χ4v) is 3.16. The zero-order valence-electron chi connectivity index (χ0n) is 17.1. The van der Waals surface area contributed by atoms with Crippen LogP contribution in [-0.4, -0.2) is 45.0 Å². The Morgan fingerprint density at radius 3 is 2.77 bits per heavy atom. The summed E-state index contributed by atoms with van der Waals surface area (Å²) in [6, 6.07) is 7.05. The highest BCUT2D eigenvalue weighted by molar-refractivity contribution is 5.92. The molecule has 1 fully saturated rings. The Morgan fingerprint density at radius 2 is 2.10 bits per heavy atom. The first kappa shape index (κ1) is 20.0. The predicted molar refractivity (Wildman–Crippen MR) is 107 cm³/mol. The van der Waals surface area contributed by atoms with Gasteiger partial charge in [0, 0.05) is 30.1 Å². The van der Waals surface area contributed by atoms with Crippen LogP contribution >= 0.6 is 0 Å². The van der Waals surface area contributed by atoms with Crippen molar-refractivity contribution in [3.63, 3.8) is 0 Å². The van der Waals surface area contributed by atoms with Crippen molar-refractivity contribution < 1.29 is 18.8 Å². The molecule has 1 saturated heterocycles. The Balaban J connectivity index is 1.42. The first-order chi connectivity index (χ1) is 14.4. The van der Waals surface area contributed by atoms with Crippen molar-refractivity contribution in [3.8, 4) is 17.1 Å². The highest BCUT2D eigenvalue weighted by Crippen LogP contribution is 2.26. The summed E-state index contributed by atoms with van der Waals surface area (Å²) in [7, 11) is 0. The normalized spacial score (nSPS) is 18.4. The number of nitrogens with zero attached hydrogens (tertiary/aromatic N) is 4. The summed E-state index contributed by atoms with van der Waals surface area (Å²) in [5, 5.41) is 15.1. The lowest BCUT2D eigenvalue weighted by Gasteiger charge is -2.22. The van der Waals surface area contributed by atoms with Gasteiger partial charge in [-0.25, -0.2) is 0 Å². The van der Waals surface area contributed by atoms with Gasteiger partial charge in [-0.2, -0.15) is 0 Å². The van der Waals surface area contributed by atoms with E-state index in [-0.39, 0.29) is 23.7 Å². The minimum absolute atomic E-state index is 0.203. The van der Waals surface area contributed by atoms with Crippen molar-refractivity contribution in [2.75, 3.05) is 13.2 Å². The molecule has 3 aromatic heterocycles. The summed E-state index contributed by atoms with van der Waals surface area (Å²) in [6.45, 7) is 7.03. The lowest BCUT2D eigenvalue weighted by molar-refractivity contribution is 0.0883. The molecule has 0 aliphatic carbocycles. The van der Waals surface area contributed by atoms with Gasteiger partial charge in [0.2, 0.25) is 5.88 Å². The third kappa shape index (κ3) is 4.30. The van der Waals surface area contributed by atoms with Crippen LogP contribution in [0.3, 0.4) is 0 Å². The molecular formula is C21H23N5O4. The van der Waals surface area contributed by atoms with Crippen LogP contribution in [0.2, 0.25) is 0 Å². The van der Waals surface area contributed by atoms with Gasteiger partial charge in [0.25, 0.3) is 5.91 Å². The van der Waals surface area contributed by atoms with Crippen LogP contribution in [0.5, 0.6) is 5.88 Å². The fourth-order valence-electron chi connectivity index (χ4n) is 3.16.